The highest BCUT2D eigenvalue weighted by Crippen LogP contribution is 2.35. The van der Waals surface area contributed by atoms with Crippen molar-refractivity contribution in [3.8, 4) is 5.75 Å². The smallest absolute Gasteiger partial charge is 0.328 e. The predicted molar refractivity (Wildman–Crippen MR) is 131 cm³/mol. The van der Waals surface area contributed by atoms with Crippen LogP contribution in [0.5, 0.6) is 5.75 Å². The number of ether oxygens (including phenoxy) is 1. The number of aromatic nitrogens is 1. The van der Waals surface area contributed by atoms with Gasteiger partial charge in [0, 0.05) is 18.7 Å². The molecule has 1 saturated heterocycles. The Bertz CT molecular complexity index is 1460. The second kappa shape index (κ2) is 9.90. The average Bonchev–Trinajstić information content (AvgIpc) is 3.15. The Morgan fingerprint density at radius 2 is 1.78 bits per heavy atom. The number of barbiturate groups is 1. The minimum atomic E-state index is -1.37. The number of nitrogens with one attached hydrogen (secondary N) is 2. The Morgan fingerprint density at radius 3 is 2.39 bits per heavy atom. The third-order valence-electron chi connectivity index (χ3n) is 6.09. The van der Waals surface area contributed by atoms with E-state index in [1.54, 1.807) is 36.1 Å². The second-order valence-electron chi connectivity index (χ2n) is 8.11. The lowest BCUT2D eigenvalue weighted by atomic mass is 9.94. The highest BCUT2D eigenvalue weighted by atomic mass is 32.1. The van der Waals surface area contributed by atoms with Crippen molar-refractivity contribution in [2.75, 3.05) is 20.2 Å². The molecule has 2 aliphatic rings. The molecule has 0 saturated carbocycles. The predicted octanol–water partition coefficient (Wildman–Crippen LogP) is 0.0461. The summed E-state index contributed by atoms with van der Waals surface area (Å²) in [6.07, 6.45) is 1.21. The van der Waals surface area contributed by atoms with Crippen LogP contribution in [0.2, 0.25) is 0 Å². The van der Waals surface area contributed by atoms with Gasteiger partial charge < -0.3 is 9.64 Å². The number of carbonyl (C=O) groups excluding carboxylic acids is 4. The zero-order valence-electron chi connectivity index (χ0n) is 20.2. The van der Waals surface area contributed by atoms with Crippen molar-refractivity contribution in [1.29, 1.82) is 0 Å². The van der Waals surface area contributed by atoms with E-state index in [0.29, 0.717) is 40.5 Å². The number of thiazole rings is 1. The van der Waals surface area contributed by atoms with Crippen LogP contribution in [0, 0.1) is 5.92 Å². The summed E-state index contributed by atoms with van der Waals surface area (Å²) in [5, 5.41) is 4.04. The molecular weight excluding hydrogens is 486 g/mol. The van der Waals surface area contributed by atoms with E-state index in [9.17, 15) is 24.0 Å². The molecule has 2 aliphatic heterocycles. The molecule has 1 aromatic carbocycles. The lowest BCUT2D eigenvalue weighted by molar-refractivity contribution is -0.133. The topological polar surface area (TPSA) is 139 Å². The van der Waals surface area contributed by atoms with Crippen molar-refractivity contribution in [3.05, 3.63) is 60.8 Å². The van der Waals surface area contributed by atoms with Gasteiger partial charge in [0.25, 0.3) is 11.5 Å². The van der Waals surface area contributed by atoms with Crippen LogP contribution in [0.25, 0.3) is 6.08 Å². The van der Waals surface area contributed by atoms with Gasteiger partial charge >= 0.3 is 6.03 Å². The number of imide groups is 2. The van der Waals surface area contributed by atoms with Gasteiger partial charge in [0.1, 0.15) is 17.7 Å². The van der Waals surface area contributed by atoms with Crippen molar-refractivity contribution in [3.63, 3.8) is 0 Å². The number of fused-ring (bicyclic) bond motifs is 1. The van der Waals surface area contributed by atoms with Gasteiger partial charge in [-0.3, -0.25) is 34.4 Å². The van der Waals surface area contributed by atoms with Gasteiger partial charge in [-0.1, -0.05) is 29.5 Å². The van der Waals surface area contributed by atoms with Crippen LogP contribution in [-0.4, -0.2) is 53.4 Å². The number of allylic oxidation sites excluding steroid dienone is 1. The largest absolute Gasteiger partial charge is 0.496 e. The normalized spacial score (nSPS) is 18.4. The summed E-state index contributed by atoms with van der Waals surface area (Å²) >= 11 is 0.993. The Hall–Kier alpha value is -4.06. The number of rotatable bonds is 6. The lowest BCUT2D eigenvalue weighted by Gasteiger charge is -2.29. The van der Waals surface area contributed by atoms with E-state index in [0.717, 1.165) is 11.3 Å². The molecule has 12 heteroatoms. The molecule has 0 aliphatic carbocycles. The minimum Gasteiger partial charge on any atom is -0.496 e. The minimum absolute atomic E-state index is 0.0858. The van der Waals surface area contributed by atoms with E-state index >= 15 is 0 Å². The van der Waals surface area contributed by atoms with Crippen LogP contribution in [0.15, 0.2) is 45.3 Å². The van der Waals surface area contributed by atoms with Crippen LogP contribution in [0.3, 0.4) is 0 Å². The molecule has 36 heavy (non-hydrogen) atoms. The summed E-state index contributed by atoms with van der Waals surface area (Å²) in [6, 6.07) is 5.34. The molecule has 0 radical (unpaired) electrons. The number of amides is 5. The molecule has 1 atom stereocenters. The van der Waals surface area contributed by atoms with E-state index in [1.165, 1.54) is 17.8 Å². The van der Waals surface area contributed by atoms with Crippen molar-refractivity contribution in [1.82, 2.24) is 20.1 Å². The third-order valence-corrected chi connectivity index (χ3v) is 7.09. The van der Waals surface area contributed by atoms with Gasteiger partial charge in [-0.25, -0.2) is 9.79 Å². The fraction of sp³-hybridized carbons (Fsp3) is 0.333. The summed E-state index contributed by atoms with van der Waals surface area (Å²) in [6.45, 7) is 6.40. The maximum Gasteiger partial charge on any atom is 0.328 e. The van der Waals surface area contributed by atoms with Crippen molar-refractivity contribution in [2.45, 2.75) is 26.8 Å². The first kappa shape index (κ1) is 25.0. The molecule has 188 valence electrons. The fourth-order valence-corrected chi connectivity index (χ4v) is 5.36. The summed E-state index contributed by atoms with van der Waals surface area (Å²) < 4.78 is 7.04. The first-order valence-electron chi connectivity index (χ1n) is 11.3. The van der Waals surface area contributed by atoms with E-state index < -0.39 is 35.4 Å². The molecular formula is C24H25N5O6S. The van der Waals surface area contributed by atoms with Gasteiger partial charge in [0.05, 0.1) is 22.9 Å². The molecule has 4 rings (SSSR count). The van der Waals surface area contributed by atoms with E-state index in [-0.39, 0.29) is 10.4 Å². The van der Waals surface area contributed by atoms with E-state index in [1.807, 2.05) is 24.5 Å². The van der Waals surface area contributed by atoms with E-state index in [4.69, 9.17) is 4.74 Å². The summed E-state index contributed by atoms with van der Waals surface area (Å²) in [5.74, 6) is -2.79. The number of hydrogen-bond donors (Lipinski definition) is 2. The highest BCUT2D eigenvalue weighted by molar-refractivity contribution is 7.07. The van der Waals surface area contributed by atoms with Gasteiger partial charge in [-0.05, 0) is 32.9 Å². The number of para-hydroxylation sites is 1. The second-order valence-corrected chi connectivity index (χ2v) is 9.12. The molecule has 2 aromatic rings. The maximum atomic E-state index is 13.7. The van der Waals surface area contributed by atoms with Crippen molar-refractivity contribution in [2.24, 2.45) is 10.9 Å². The standard InChI is InChI=1S/C24H25N5O6S/c1-5-28(6-2)22(33)17-12(3)25-24-29(18(17)13-9-7-8-10-15(13)35-4)21(32)16(36-24)11-14-19(30)26-23(34)27-20(14)31/h7-11,14,18H,5-6H2,1-4H3,(H2,26,27,30,31,34)/b16-11-/t18-/m1/s1. The van der Waals surface area contributed by atoms with Crippen molar-refractivity contribution < 1.29 is 23.9 Å². The Labute approximate surface area is 209 Å². The molecule has 1 fully saturated rings. The number of likely N-dealkylation sites (N-methyl/N-ethyl adjacent to an activating group) is 1. The number of carbonyl (C=O) groups is 4. The molecule has 5 amide bonds. The molecule has 11 nitrogen and oxygen atoms in total. The zero-order chi connectivity index (χ0) is 26.1. The van der Waals surface area contributed by atoms with Crippen LogP contribution < -0.4 is 30.3 Å². The zero-order valence-corrected chi connectivity index (χ0v) is 21.0. The molecule has 0 unspecified atom stereocenters. The van der Waals surface area contributed by atoms with Gasteiger partial charge in [-0.2, -0.15) is 0 Å². The number of hydrogen-bond acceptors (Lipinski definition) is 8. The molecule has 1 aromatic heterocycles. The molecule has 0 bridgehead atoms. The number of methoxy groups -OCH3 is 1. The van der Waals surface area contributed by atoms with Crippen LogP contribution in [0.4, 0.5) is 4.79 Å². The Balaban J connectivity index is 1.96. The highest BCUT2D eigenvalue weighted by Gasteiger charge is 2.37. The van der Waals surface area contributed by atoms with Crippen LogP contribution >= 0.6 is 11.3 Å². The average molecular weight is 512 g/mol. The lowest BCUT2D eigenvalue weighted by Crippen LogP contribution is -2.55. The van der Waals surface area contributed by atoms with Crippen LogP contribution in [0.1, 0.15) is 32.4 Å². The number of nitrogens with zero attached hydrogens (tertiary/aromatic N) is 3. The molecule has 3 heterocycles. The quantitative estimate of drug-likeness (QED) is 0.526. The summed E-state index contributed by atoms with van der Waals surface area (Å²) in [4.78, 5) is 69.7. The summed E-state index contributed by atoms with van der Waals surface area (Å²) in [5.41, 5.74) is 0.857. The van der Waals surface area contributed by atoms with Crippen LogP contribution in [-0.2, 0) is 14.4 Å². The fourth-order valence-electron chi connectivity index (χ4n) is 4.31. The summed E-state index contributed by atoms with van der Waals surface area (Å²) in [7, 11) is 1.51. The number of benzene rings is 1. The SMILES string of the molecule is CCN(CC)C(=O)C1=C(C)N=c2s/c(=C\C3C(=O)NC(=O)NC3=O)c(=O)n2[C@@H]1c1ccccc1OC. The van der Waals surface area contributed by atoms with Crippen molar-refractivity contribution >= 4 is 41.2 Å². The number of urea groups is 1. The third kappa shape index (κ3) is 4.24. The monoisotopic (exact) mass is 511 g/mol. The van der Waals surface area contributed by atoms with Gasteiger partial charge in [0.15, 0.2) is 4.80 Å². The molecule has 2 N–H and O–H groups in total. The Kier molecular flexibility index (Phi) is 6.88. The van der Waals surface area contributed by atoms with Gasteiger partial charge in [0.2, 0.25) is 11.8 Å². The first-order chi connectivity index (χ1) is 17.2. The van der Waals surface area contributed by atoms with E-state index in [2.05, 4.69) is 4.99 Å². The maximum absolute atomic E-state index is 13.7. The molecule has 0 spiro atoms. The Morgan fingerprint density at radius 1 is 1.14 bits per heavy atom. The first-order valence-corrected chi connectivity index (χ1v) is 12.1. The van der Waals surface area contributed by atoms with Gasteiger partial charge in [-0.15, -0.1) is 0 Å².